The van der Waals surface area contributed by atoms with Crippen molar-refractivity contribution in [2.45, 2.75) is 58.9 Å². The number of amides is 2. The zero-order valence-electron chi connectivity index (χ0n) is 16.7. The van der Waals surface area contributed by atoms with Gasteiger partial charge in [0.1, 0.15) is 12.3 Å². The largest absolute Gasteiger partial charge is 0.446 e. The second-order valence-electron chi connectivity index (χ2n) is 7.89. The van der Waals surface area contributed by atoms with Crippen LogP contribution in [-0.4, -0.2) is 21.8 Å². The summed E-state index contributed by atoms with van der Waals surface area (Å²) < 4.78 is 5.58. The van der Waals surface area contributed by atoms with Gasteiger partial charge in [-0.15, -0.1) is 0 Å². The highest BCUT2D eigenvalue weighted by Gasteiger charge is 2.28. The molecule has 1 fully saturated rings. The van der Waals surface area contributed by atoms with Crippen LogP contribution >= 0.6 is 0 Å². The molecule has 1 saturated carbocycles. The highest BCUT2D eigenvalue weighted by Crippen LogP contribution is 2.27. The number of carbonyl (C=O) groups excluding carboxylic acids is 2. The number of oxazole rings is 1. The molecule has 7 nitrogen and oxygen atoms in total. The smallest absolute Gasteiger partial charge is 0.277 e. The van der Waals surface area contributed by atoms with Crippen LogP contribution in [0.4, 0.5) is 5.69 Å². The molecule has 0 bridgehead atoms. The van der Waals surface area contributed by atoms with Crippen LogP contribution in [-0.2, 0) is 4.79 Å². The standard InChI is InChI=1S/C21H28N4O3/c1-13(2)10-16(23-19(26)15-6-4-5-7-15)21-25-18(12-28-21)20(27)24-17-11-22-9-8-14(17)3/h8-9,11-13,15-16H,4-7,10H2,1-3H3,(H,23,26)(H,24,27)/t16-/m0/s1. The lowest BCUT2D eigenvalue weighted by atomic mass is 10.0. The van der Waals surface area contributed by atoms with Crippen LogP contribution in [0.3, 0.4) is 0 Å². The summed E-state index contributed by atoms with van der Waals surface area (Å²) in [6.07, 6.45) is 9.37. The van der Waals surface area contributed by atoms with Crippen LogP contribution in [0.5, 0.6) is 0 Å². The Balaban J connectivity index is 1.71. The number of aryl methyl sites for hydroxylation is 1. The molecule has 1 atom stereocenters. The molecule has 2 heterocycles. The molecule has 7 heteroatoms. The SMILES string of the molecule is Cc1ccncc1NC(=O)c1coc([C@H](CC(C)C)NC(=O)C2CCCC2)n1. The maximum Gasteiger partial charge on any atom is 0.277 e. The summed E-state index contributed by atoms with van der Waals surface area (Å²) in [7, 11) is 0. The molecule has 2 N–H and O–H groups in total. The van der Waals surface area contributed by atoms with E-state index in [1.54, 1.807) is 12.4 Å². The van der Waals surface area contributed by atoms with E-state index in [-0.39, 0.29) is 29.5 Å². The molecule has 3 rings (SSSR count). The van der Waals surface area contributed by atoms with Crippen molar-refractivity contribution in [2.24, 2.45) is 11.8 Å². The number of aromatic nitrogens is 2. The first kappa shape index (κ1) is 20.0. The van der Waals surface area contributed by atoms with Crippen molar-refractivity contribution in [1.29, 1.82) is 0 Å². The third-order valence-electron chi connectivity index (χ3n) is 5.09. The first-order valence-electron chi connectivity index (χ1n) is 9.91. The molecule has 28 heavy (non-hydrogen) atoms. The third kappa shape index (κ3) is 4.97. The molecule has 0 spiro atoms. The number of hydrogen-bond acceptors (Lipinski definition) is 5. The van der Waals surface area contributed by atoms with Gasteiger partial charge in [0.15, 0.2) is 5.69 Å². The van der Waals surface area contributed by atoms with Crippen LogP contribution in [0.1, 0.15) is 73.9 Å². The van der Waals surface area contributed by atoms with E-state index in [1.807, 2.05) is 13.0 Å². The fourth-order valence-electron chi connectivity index (χ4n) is 3.50. The van der Waals surface area contributed by atoms with Crippen molar-refractivity contribution < 1.29 is 14.0 Å². The summed E-state index contributed by atoms with van der Waals surface area (Å²) in [5.74, 6) is 0.472. The zero-order valence-corrected chi connectivity index (χ0v) is 16.7. The van der Waals surface area contributed by atoms with Crippen molar-refractivity contribution in [2.75, 3.05) is 5.32 Å². The average molecular weight is 384 g/mol. The molecule has 2 aromatic heterocycles. The van der Waals surface area contributed by atoms with Gasteiger partial charge in [-0.25, -0.2) is 4.98 Å². The number of hydrogen-bond donors (Lipinski definition) is 2. The maximum atomic E-state index is 12.6. The van der Waals surface area contributed by atoms with Gasteiger partial charge in [-0.3, -0.25) is 14.6 Å². The van der Waals surface area contributed by atoms with Gasteiger partial charge in [0.25, 0.3) is 5.91 Å². The average Bonchev–Trinajstić information content (AvgIpc) is 3.35. The first-order valence-corrected chi connectivity index (χ1v) is 9.91. The van der Waals surface area contributed by atoms with E-state index in [0.717, 1.165) is 31.2 Å². The fraction of sp³-hybridized carbons (Fsp3) is 0.524. The van der Waals surface area contributed by atoms with E-state index in [4.69, 9.17) is 4.42 Å². The Bertz CT molecular complexity index is 825. The number of rotatable bonds is 7. The van der Waals surface area contributed by atoms with Crippen molar-refractivity contribution in [3.05, 3.63) is 41.9 Å². The molecule has 0 saturated heterocycles. The van der Waals surface area contributed by atoms with E-state index < -0.39 is 0 Å². The van der Waals surface area contributed by atoms with Gasteiger partial charge in [0.05, 0.1) is 11.9 Å². The predicted octanol–water partition coefficient (Wildman–Crippen LogP) is 4.02. The van der Waals surface area contributed by atoms with Crippen molar-refractivity contribution >= 4 is 17.5 Å². The lowest BCUT2D eigenvalue weighted by Gasteiger charge is -2.19. The molecule has 2 amide bonds. The Kier molecular flexibility index (Phi) is 6.44. The lowest BCUT2D eigenvalue weighted by molar-refractivity contribution is -0.125. The molecule has 2 aromatic rings. The highest BCUT2D eigenvalue weighted by molar-refractivity contribution is 6.02. The zero-order chi connectivity index (χ0) is 20.1. The van der Waals surface area contributed by atoms with Crippen LogP contribution in [0.2, 0.25) is 0 Å². The van der Waals surface area contributed by atoms with Crippen LogP contribution in [0.15, 0.2) is 29.1 Å². The van der Waals surface area contributed by atoms with Crippen LogP contribution in [0.25, 0.3) is 0 Å². The van der Waals surface area contributed by atoms with Gasteiger partial charge in [0.2, 0.25) is 11.8 Å². The van der Waals surface area contributed by atoms with Crippen molar-refractivity contribution in [3.8, 4) is 0 Å². The number of carbonyl (C=O) groups is 2. The number of pyridine rings is 1. The monoisotopic (exact) mass is 384 g/mol. The molecule has 0 aliphatic heterocycles. The predicted molar refractivity (Wildman–Crippen MR) is 106 cm³/mol. The quantitative estimate of drug-likeness (QED) is 0.751. The Morgan fingerprint density at radius 1 is 1.29 bits per heavy atom. The van der Waals surface area contributed by atoms with Gasteiger partial charge in [0, 0.05) is 12.1 Å². The fourth-order valence-corrected chi connectivity index (χ4v) is 3.50. The third-order valence-corrected chi connectivity index (χ3v) is 5.09. The summed E-state index contributed by atoms with van der Waals surface area (Å²) in [5.41, 5.74) is 1.72. The minimum atomic E-state index is -0.364. The first-order chi connectivity index (χ1) is 13.4. The molecule has 1 aliphatic rings. The minimum absolute atomic E-state index is 0.0540. The van der Waals surface area contributed by atoms with Gasteiger partial charge in [-0.2, -0.15) is 0 Å². The van der Waals surface area contributed by atoms with Gasteiger partial charge >= 0.3 is 0 Å². The Hall–Kier alpha value is -2.70. The van der Waals surface area contributed by atoms with Gasteiger partial charge < -0.3 is 15.1 Å². The number of anilines is 1. The van der Waals surface area contributed by atoms with E-state index in [0.29, 0.717) is 23.9 Å². The van der Waals surface area contributed by atoms with Crippen molar-refractivity contribution in [3.63, 3.8) is 0 Å². The van der Waals surface area contributed by atoms with Crippen molar-refractivity contribution in [1.82, 2.24) is 15.3 Å². The van der Waals surface area contributed by atoms with E-state index in [9.17, 15) is 9.59 Å². The molecule has 0 aromatic carbocycles. The second kappa shape index (κ2) is 8.99. The van der Waals surface area contributed by atoms with Gasteiger partial charge in [-0.05, 0) is 43.7 Å². The number of nitrogens with one attached hydrogen (secondary N) is 2. The molecule has 1 aliphatic carbocycles. The summed E-state index contributed by atoms with van der Waals surface area (Å²) in [5, 5.41) is 5.87. The molecule has 150 valence electrons. The normalized spacial score (nSPS) is 15.6. The summed E-state index contributed by atoms with van der Waals surface area (Å²) in [6.45, 7) is 6.05. The van der Waals surface area contributed by atoms with Crippen LogP contribution < -0.4 is 10.6 Å². The van der Waals surface area contributed by atoms with Gasteiger partial charge in [-0.1, -0.05) is 26.7 Å². The van der Waals surface area contributed by atoms with E-state index in [1.165, 1.54) is 6.26 Å². The summed E-state index contributed by atoms with van der Waals surface area (Å²) >= 11 is 0. The van der Waals surface area contributed by atoms with Crippen LogP contribution in [0, 0.1) is 18.8 Å². The Morgan fingerprint density at radius 2 is 2.04 bits per heavy atom. The molecular formula is C21H28N4O3. The second-order valence-corrected chi connectivity index (χ2v) is 7.89. The van der Waals surface area contributed by atoms with E-state index >= 15 is 0 Å². The highest BCUT2D eigenvalue weighted by atomic mass is 16.3. The summed E-state index contributed by atoms with van der Waals surface area (Å²) in [6, 6.07) is 1.48. The lowest BCUT2D eigenvalue weighted by Crippen LogP contribution is -2.34. The Labute approximate surface area is 165 Å². The minimum Gasteiger partial charge on any atom is -0.446 e. The molecular weight excluding hydrogens is 356 g/mol. The number of nitrogens with zero attached hydrogens (tertiary/aromatic N) is 2. The Morgan fingerprint density at radius 3 is 2.71 bits per heavy atom. The summed E-state index contributed by atoms with van der Waals surface area (Å²) in [4.78, 5) is 33.4. The van der Waals surface area contributed by atoms with E-state index in [2.05, 4.69) is 34.4 Å². The molecule has 0 unspecified atom stereocenters. The maximum absolute atomic E-state index is 12.6. The molecule has 0 radical (unpaired) electrons. The topological polar surface area (TPSA) is 97.1 Å².